The third-order valence-corrected chi connectivity index (χ3v) is 3.39. The fourth-order valence-corrected chi connectivity index (χ4v) is 2.17. The van der Waals surface area contributed by atoms with Gasteiger partial charge in [0.05, 0.1) is 18.7 Å². The third kappa shape index (κ3) is 4.73. The maximum Gasteiger partial charge on any atom is 0.248 e. The van der Waals surface area contributed by atoms with E-state index in [4.69, 9.17) is 21.1 Å². The lowest BCUT2D eigenvalue weighted by molar-refractivity contribution is -0.111. The molecule has 2 aromatic carbocycles. The van der Waals surface area contributed by atoms with Gasteiger partial charge < -0.3 is 14.8 Å². The van der Waals surface area contributed by atoms with Crippen LogP contribution < -0.4 is 14.8 Å². The van der Waals surface area contributed by atoms with E-state index in [9.17, 15) is 9.18 Å². The normalized spacial score (nSPS) is 10.7. The Morgan fingerprint density at radius 3 is 2.71 bits per heavy atom. The molecule has 0 aliphatic heterocycles. The van der Waals surface area contributed by atoms with Crippen molar-refractivity contribution < 1.29 is 18.7 Å². The minimum absolute atomic E-state index is 0.0481. The fourth-order valence-electron chi connectivity index (χ4n) is 1.99. The summed E-state index contributed by atoms with van der Waals surface area (Å²) in [6, 6.07) is 9.34. The Hall–Kier alpha value is -2.53. The molecule has 0 aliphatic rings. The lowest BCUT2D eigenvalue weighted by Gasteiger charge is -2.09. The molecular formula is C18H17ClFNO3. The third-order valence-electron chi connectivity index (χ3n) is 3.10. The Kier molecular flexibility index (Phi) is 6.21. The van der Waals surface area contributed by atoms with Crippen LogP contribution in [0.25, 0.3) is 6.08 Å². The lowest BCUT2D eigenvalue weighted by atomic mass is 10.2. The van der Waals surface area contributed by atoms with Crippen LogP contribution in [0.2, 0.25) is 5.02 Å². The van der Waals surface area contributed by atoms with Gasteiger partial charge in [-0.05, 0) is 48.9 Å². The Morgan fingerprint density at radius 2 is 2.04 bits per heavy atom. The van der Waals surface area contributed by atoms with Crippen molar-refractivity contribution >= 4 is 29.3 Å². The molecule has 0 fully saturated rings. The van der Waals surface area contributed by atoms with Gasteiger partial charge in [0.1, 0.15) is 5.82 Å². The molecule has 0 unspecified atom stereocenters. The van der Waals surface area contributed by atoms with Crippen molar-refractivity contribution in [3.8, 4) is 11.5 Å². The van der Waals surface area contributed by atoms with E-state index in [0.29, 0.717) is 23.8 Å². The van der Waals surface area contributed by atoms with Crippen molar-refractivity contribution in [2.24, 2.45) is 0 Å². The molecule has 0 heterocycles. The van der Waals surface area contributed by atoms with Gasteiger partial charge in [0.25, 0.3) is 0 Å². The topological polar surface area (TPSA) is 47.6 Å². The van der Waals surface area contributed by atoms with E-state index in [1.54, 1.807) is 25.3 Å². The number of benzene rings is 2. The highest BCUT2D eigenvalue weighted by atomic mass is 35.5. The van der Waals surface area contributed by atoms with E-state index in [2.05, 4.69) is 5.32 Å². The zero-order chi connectivity index (χ0) is 17.5. The average molecular weight is 350 g/mol. The Bertz CT molecular complexity index is 762. The number of methoxy groups -OCH3 is 1. The molecule has 0 saturated heterocycles. The van der Waals surface area contributed by atoms with E-state index in [1.807, 2.05) is 13.0 Å². The van der Waals surface area contributed by atoms with Crippen molar-refractivity contribution in [2.75, 3.05) is 19.0 Å². The first kappa shape index (κ1) is 17.8. The minimum atomic E-state index is -0.535. The highest BCUT2D eigenvalue weighted by Gasteiger charge is 2.05. The van der Waals surface area contributed by atoms with E-state index in [0.717, 1.165) is 5.56 Å². The lowest BCUT2D eigenvalue weighted by Crippen LogP contribution is -2.07. The van der Waals surface area contributed by atoms with Crippen LogP contribution in [0.3, 0.4) is 0 Å². The molecule has 0 aromatic heterocycles. The van der Waals surface area contributed by atoms with Crippen molar-refractivity contribution in [1.29, 1.82) is 0 Å². The number of hydrogen-bond acceptors (Lipinski definition) is 3. The summed E-state index contributed by atoms with van der Waals surface area (Å²) in [7, 11) is 1.55. The van der Waals surface area contributed by atoms with Gasteiger partial charge in [-0.3, -0.25) is 4.79 Å². The Labute approximate surface area is 144 Å². The number of carbonyl (C=O) groups excluding carboxylic acids is 1. The van der Waals surface area contributed by atoms with Crippen LogP contribution in [0.4, 0.5) is 10.1 Å². The second-order valence-electron chi connectivity index (χ2n) is 4.79. The number of rotatable bonds is 6. The summed E-state index contributed by atoms with van der Waals surface area (Å²) >= 11 is 5.67. The largest absolute Gasteiger partial charge is 0.493 e. The van der Waals surface area contributed by atoms with Crippen LogP contribution in [-0.4, -0.2) is 19.6 Å². The highest BCUT2D eigenvalue weighted by molar-refractivity contribution is 6.31. The SMILES string of the molecule is CCOc1ccc(/C=C/C(=O)Nc2ccc(F)c(Cl)c2)cc1OC. The number of anilines is 1. The summed E-state index contributed by atoms with van der Waals surface area (Å²) in [6.07, 6.45) is 3.01. The van der Waals surface area contributed by atoms with E-state index in [1.165, 1.54) is 24.3 Å². The second-order valence-corrected chi connectivity index (χ2v) is 5.20. The van der Waals surface area contributed by atoms with Crippen molar-refractivity contribution in [1.82, 2.24) is 0 Å². The molecular weight excluding hydrogens is 333 g/mol. The Balaban J connectivity index is 2.06. The van der Waals surface area contributed by atoms with Gasteiger partial charge in [0.2, 0.25) is 5.91 Å². The van der Waals surface area contributed by atoms with Gasteiger partial charge in [-0.2, -0.15) is 0 Å². The predicted octanol–water partition coefficient (Wildman–Crippen LogP) is 4.54. The molecule has 4 nitrogen and oxygen atoms in total. The molecule has 1 N–H and O–H groups in total. The van der Waals surface area contributed by atoms with Gasteiger partial charge in [-0.15, -0.1) is 0 Å². The van der Waals surface area contributed by atoms with Crippen molar-refractivity contribution in [3.63, 3.8) is 0 Å². The number of carbonyl (C=O) groups is 1. The molecule has 0 bridgehead atoms. The quantitative estimate of drug-likeness (QED) is 0.779. The highest BCUT2D eigenvalue weighted by Crippen LogP contribution is 2.28. The molecule has 1 amide bonds. The first-order valence-electron chi connectivity index (χ1n) is 7.28. The van der Waals surface area contributed by atoms with Gasteiger partial charge in [0.15, 0.2) is 11.5 Å². The zero-order valence-corrected chi connectivity index (χ0v) is 14.1. The first-order valence-corrected chi connectivity index (χ1v) is 7.66. The summed E-state index contributed by atoms with van der Waals surface area (Å²) in [5.74, 6) is 0.337. The van der Waals surface area contributed by atoms with E-state index >= 15 is 0 Å². The van der Waals surface area contributed by atoms with Crippen LogP contribution in [0.5, 0.6) is 11.5 Å². The summed E-state index contributed by atoms with van der Waals surface area (Å²) in [6.45, 7) is 2.42. The van der Waals surface area contributed by atoms with Crippen LogP contribution in [-0.2, 0) is 4.79 Å². The predicted molar refractivity (Wildman–Crippen MR) is 93.2 cm³/mol. The molecule has 0 aliphatic carbocycles. The van der Waals surface area contributed by atoms with Crippen LogP contribution in [0.1, 0.15) is 12.5 Å². The molecule has 24 heavy (non-hydrogen) atoms. The molecule has 0 spiro atoms. The molecule has 0 saturated carbocycles. The number of hydrogen-bond donors (Lipinski definition) is 1. The molecule has 2 rings (SSSR count). The fraction of sp³-hybridized carbons (Fsp3) is 0.167. The van der Waals surface area contributed by atoms with Crippen molar-refractivity contribution in [2.45, 2.75) is 6.92 Å². The number of amides is 1. The minimum Gasteiger partial charge on any atom is -0.493 e. The molecule has 2 aromatic rings. The smallest absolute Gasteiger partial charge is 0.248 e. The molecule has 0 atom stereocenters. The molecule has 6 heteroatoms. The van der Waals surface area contributed by atoms with Crippen LogP contribution in [0, 0.1) is 5.82 Å². The summed E-state index contributed by atoms with van der Waals surface area (Å²) < 4.78 is 23.8. The van der Waals surface area contributed by atoms with Gasteiger partial charge >= 0.3 is 0 Å². The van der Waals surface area contributed by atoms with E-state index in [-0.39, 0.29) is 10.9 Å². The van der Waals surface area contributed by atoms with Crippen LogP contribution >= 0.6 is 11.6 Å². The van der Waals surface area contributed by atoms with Gasteiger partial charge in [-0.25, -0.2) is 4.39 Å². The first-order chi connectivity index (χ1) is 11.5. The molecule has 126 valence electrons. The van der Waals surface area contributed by atoms with Gasteiger partial charge in [-0.1, -0.05) is 17.7 Å². The zero-order valence-electron chi connectivity index (χ0n) is 13.3. The standard InChI is InChI=1S/C18H17ClFNO3/c1-3-24-16-8-4-12(10-17(16)23-2)5-9-18(22)21-13-6-7-15(20)14(19)11-13/h4-11H,3H2,1-2H3,(H,21,22)/b9-5+. The van der Waals surface area contributed by atoms with Gasteiger partial charge in [0, 0.05) is 11.8 Å². The maximum atomic E-state index is 13.1. The maximum absolute atomic E-state index is 13.1. The molecule has 0 radical (unpaired) electrons. The summed E-state index contributed by atoms with van der Waals surface area (Å²) in [5.41, 5.74) is 1.20. The summed E-state index contributed by atoms with van der Waals surface area (Å²) in [4.78, 5) is 11.9. The number of nitrogens with one attached hydrogen (secondary N) is 1. The number of ether oxygens (including phenoxy) is 2. The monoisotopic (exact) mass is 349 g/mol. The van der Waals surface area contributed by atoms with Crippen LogP contribution in [0.15, 0.2) is 42.5 Å². The van der Waals surface area contributed by atoms with E-state index < -0.39 is 5.82 Å². The summed E-state index contributed by atoms with van der Waals surface area (Å²) in [5, 5.41) is 2.56. The Morgan fingerprint density at radius 1 is 1.25 bits per heavy atom. The van der Waals surface area contributed by atoms with Crippen molar-refractivity contribution in [3.05, 3.63) is 58.9 Å². The second kappa shape index (κ2) is 8.36. The number of halogens is 2. The average Bonchev–Trinajstić information content (AvgIpc) is 2.57.